The summed E-state index contributed by atoms with van der Waals surface area (Å²) in [4.78, 5) is 3.96. The van der Waals surface area contributed by atoms with Gasteiger partial charge in [0.1, 0.15) is 12.0 Å². The van der Waals surface area contributed by atoms with Gasteiger partial charge in [0.05, 0.1) is 12.9 Å². The molecule has 2 aromatic heterocycles. The number of aromatic nitrogens is 1. The molecule has 0 aliphatic carbocycles. The number of furan rings is 1. The molecular formula is C8H7NO3. The van der Waals surface area contributed by atoms with E-state index < -0.39 is 0 Å². The molecule has 0 fully saturated rings. The topological polar surface area (TPSA) is 59.4 Å². The van der Waals surface area contributed by atoms with E-state index in [1.807, 2.05) is 0 Å². The van der Waals surface area contributed by atoms with Crippen molar-refractivity contribution in [2.45, 2.75) is 6.61 Å². The Hall–Kier alpha value is -1.55. The fraction of sp³-hybridized carbons (Fsp3) is 0.125. The molecule has 4 heteroatoms. The van der Waals surface area contributed by atoms with Crippen molar-refractivity contribution in [3.8, 4) is 11.7 Å². The van der Waals surface area contributed by atoms with E-state index in [1.54, 1.807) is 12.1 Å². The molecule has 12 heavy (non-hydrogen) atoms. The van der Waals surface area contributed by atoms with Crippen LogP contribution in [0, 0.1) is 0 Å². The fourth-order valence-corrected chi connectivity index (χ4v) is 0.893. The van der Waals surface area contributed by atoms with Gasteiger partial charge in [-0.15, -0.1) is 0 Å². The standard InChI is InChI=1S/C8H7NO3/c10-4-6-5-12-8(9-6)7-2-1-3-11-7/h1-3,5,10H,4H2. The van der Waals surface area contributed by atoms with Crippen molar-refractivity contribution < 1.29 is 13.9 Å². The van der Waals surface area contributed by atoms with Crippen molar-refractivity contribution in [2.75, 3.05) is 0 Å². The highest BCUT2D eigenvalue weighted by Crippen LogP contribution is 2.18. The van der Waals surface area contributed by atoms with Crippen LogP contribution < -0.4 is 0 Å². The van der Waals surface area contributed by atoms with Crippen molar-refractivity contribution in [2.24, 2.45) is 0 Å². The van der Waals surface area contributed by atoms with E-state index in [1.165, 1.54) is 12.5 Å². The molecule has 0 unspecified atom stereocenters. The van der Waals surface area contributed by atoms with Crippen LogP contribution in [0.25, 0.3) is 11.7 Å². The molecule has 2 aromatic rings. The van der Waals surface area contributed by atoms with Gasteiger partial charge >= 0.3 is 0 Å². The van der Waals surface area contributed by atoms with Crippen LogP contribution in [0.5, 0.6) is 0 Å². The lowest BCUT2D eigenvalue weighted by Gasteiger charge is -1.84. The Balaban J connectivity index is 2.35. The third-order valence-electron chi connectivity index (χ3n) is 1.45. The smallest absolute Gasteiger partial charge is 0.263 e. The molecule has 62 valence electrons. The first-order valence-electron chi connectivity index (χ1n) is 3.49. The number of nitrogens with zero attached hydrogens (tertiary/aromatic N) is 1. The number of hydrogen-bond acceptors (Lipinski definition) is 4. The monoisotopic (exact) mass is 165 g/mol. The summed E-state index contributed by atoms with van der Waals surface area (Å²) < 4.78 is 10.1. The van der Waals surface area contributed by atoms with Gasteiger partial charge in [-0.3, -0.25) is 0 Å². The van der Waals surface area contributed by atoms with Crippen molar-refractivity contribution in [3.05, 3.63) is 30.4 Å². The molecule has 0 bridgehead atoms. The Morgan fingerprint density at radius 3 is 2.92 bits per heavy atom. The lowest BCUT2D eigenvalue weighted by molar-refractivity contribution is 0.276. The molecular weight excluding hydrogens is 158 g/mol. The van der Waals surface area contributed by atoms with E-state index in [2.05, 4.69) is 4.98 Å². The Morgan fingerprint density at radius 2 is 2.33 bits per heavy atom. The van der Waals surface area contributed by atoms with Gasteiger partial charge in [-0.2, -0.15) is 0 Å². The van der Waals surface area contributed by atoms with E-state index in [9.17, 15) is 0 Å². The first-order chi connectivity index (χ1) is 5.90. The highest BCUT2D eigenvalue weighted by molar-refractivity contribution is 5.43. The van der Waals surface area contributed by atoms with Crippen LogP contribution in [-0.2, 0) is 6.61 Å². The van der Waals surface area contributed by atoms with Gasteiger partial charge in [0.15, 0.2) is 5.76 Å². The molecule has 0 saturated heterocycles. The Bertz CT molecular complexity index is 350. The first-order valence-corrected chi connectivity index (χ1v) is 3.49. The second-order valence-corrected chi connectivity index (χ2v) is 2.28. The van der Waals surface area contributed by atoms with E-state index in [0.29, 0.717) is 17.3 Å². The summed E-state index contributed by atoms with van der Waals surface area (Å²) in [5.74, 6) is 0.957. The second-order valence-electron chi connectivity index (χ2n) is 2.28. The van der Waals surface area contributed by atoms with Gasteiger partial charge in [0.25, 0.3) is 5.89 Å². The van der Waals surface area contributed by atoms with E-state index >= 15 is 0 Å². The lowest BCUT2D eigenvalue weighted by atomic mass is 10.4. The van der Waals surface area contributed by atoms with Crippen LogP contribution in [-0.4, -0.2) is 10.1 Å². The third-order valence-corrected chi connectivity index (χ3v) is 1.45. The maximum Gasteiger partial charge on any atom is 0.263 e. The Morgan fingerprint density at radius 1 is 1.42 bits per heavy atom. The average molecular weight is 165 g/mol. The minimum atomic E-state index is -0.121. The largest absolute Gasteiger partial charge is 0.459 e. The number of aliphatic hydroxyl groups is 1. The molecule has 4 nitrogen and oxygen atoms in total. The highest BCUT2D eigenvalue weighted by Gasteiger charge is 2.07. The second kappa shape index (κ2) is 2.83. The van der Waals surface area contributed by atoms with Crippen LogP contribution >= 0.6 is 0 Å². The molecule has 0 radical (unpaired) electrons. The molecule has 0 aliphatic heterocycles. The van der Waals surface area contributed by atoms with Crippen molar-refractivity contribution in [1.82, 2.24) is 4.98 Å². The van der Waals surface area contributed by atoms with Gasteiger partial charge in [0.2, 0.25) is 0 Å². The molecule has 0 aliphatic rings. The maximum atomic E-state index is 8.70. The maximum absolute atomic E-state index is 8.70. The van der Waals surface area contributed by atoms with Gasteiger partial charge in [-0.25, -0.2) is 4.98 Å². The predicted molar refractivity (Wildman–Crippen MR) is 40.1 cm³/mol. The van der Waals surface area contributed by atoms with Gasteiger partial charge in [-0.05, 0) is 12.1 Å². The third kappa shape index (κ3) is 1.12. The molecule has 0 aromatic carbocycles. The van der Waals surface area contributed by atoms with Crippen molar-refractivity contribution >= 4 is 0 Å². The van der Waals surface area contributed by atoms with Crippen LogP contribution in [0.4, 0.5) is 0 Å². The summed E-state index contributed by atoms with van der Waals surface area (Å²) in [5.41, 5.74) is 0.501. The fourth-order valence-electron chi connectivity index (χ4n) is 0.893. The van der Waals surface area contributed by atoms with Crippen LogP contribution in [0.15, 0.2) is 33.5 Å². The highest BCUT2D eigenvalue weighted by atomic mass is 16.4. The van der Waals surface area contributed by atoms with E-state index in [0.717, 1.165) is 0 Å². The SMILES string of the molecule is OCc1coc(-c2ccco2)n1. The molecule has 2 heterocycles. The van der Waals surface area contributed by atoms with E-state index in [4.69, 9.17) is 13.9 Å². The Kier molecular flexibility index (Phi) is 1.68. The summed E-state index contributed by atoms with van der Waals surface area (Å²) in [7, 11) is 0. The van der Waals surface area contributed by atoms with Crippen molar-refractivity contribution in [3.63, 3.8) is 0 Å². The van der Waals surface area contributed by atoms with Crippen LogP contribution in [0.1, 0.15) is 5.69 Å². The Labute approximate surface area is 68.5 Å². The minimum absolute atomic E-state index is 0.121. The summed E-state index contributed by atoms with van der Waals surface area (Å²) in [6.45, 7) is -0.121. The summed E-state index contributed by atoms with van der Waals surface area (Å²) >= 11 is 0. The number of rotatable bonds is 2. The zero-order valence-electron chi connectivity index (χ0n) is 6.23. The molecule has 0 spiro atoms. The normalized spacial score (nSPS) is 10.4. The molecule has 2 rings (SSSR count). The van der Waals surface area contributed by atoms with Gasteiger partial charge in [0, 0.05) is 0 Å². The first kappa shape index (κ1) is 7.12. The number of hydrogen-bond donors (Lipinski definition) is 1. The zero-order valence-corrected chi connectivity index (χ0v) is 6.23. The predicted octanol–water partition coefficient (Wildman–Crippen LogP) is 1.43. The lowest BCUT2D eigenvalue weighted by Crippen LogP contribution is -1.81. The van der Waals surface area contributed by atoms with Crippen molar-refractivity contribution in [1.29, 1.82) is 0 Å². The summed E-state index contributed by atoms with van der Waals surface area (Å²) in [6.07, 6.45) is 2.94. The quantitative estimate of drug-likeness (QED) is 0.731. The summed E-state index contributed by atoms with van der Waals surface area (Å²) in [6, 6.07) is 3.49. The zero-order chi connectivity index (χ0) is 8.39. The molecule has 1 N–H and O–H groups in total. The van der Waals surface area contributed by atoms with Crippen LogP contribution in [0.3, 0.4) is 0 Å². The number of aliphatic hydroxyl groups excluding tert-OH is 1. The number of oxazole rings is 1. The van der Waals surface area contributed by atoms with Gasteiger partial charge < -0.3 is 13.9 Å². The molecule has 0 atom stereocenters. The average Bonchev–Trinajstić information content (AvgIpc) is 2.75. The van der Waals surface area contributed by atoms with E-state index in [-0.39, 0.29) is 6.61 Å². The molecule has 0 saturated carbocycles. The van der Waals surface area contributed by atoms with Gasteiger partial charge in [-0.1, -0.05) is 0 Å². The summed E-state index contributed by atoms with van der Waals surface area (Å²) in [5, 5.41) is 8.70. The van der Waals surface area contributed by atoms with Crippen LogP contribution in [0.2, 0.25) is 0 Å². The molecule has 0 amide bonds. The minimum Gasteiger partial charge on any atom is -0.459 e.